The molecule has 0 bridgehead atoms. The van der Waals surface area contributed by atoms with Crippen LogP contribution in [-0.4, -0.2) is 69.2 Å². The van der Waals surface area contributed by atoms with E-state index in [-0.39, 0.29) is 31.6 Å². The highest BCUT2D eigenvalue weighted by Crippen LogP contribution is 2.20. The van der Waals surface area contributed by atoms with Crippen LogP contribution >= 0.6 is 0 Å². The summed E-state index contributed by atoms with van der Waals surface area (Å²) in [4.78, 5) is 33.7. The van der Waals surface area contributed by atoms with Gasteiger partial charge in [0.15, 0.2) is 0 Å². The maximum absolute atomic E-state index is 12.8. The number of rotatable bonds is 13. The summed E-state index contributed by atoms with van der Waals surface area (Å²) in [5.41, 5.74) is 0.190. The molecule has 0 aliphatic rings. The van der Waals surface area contributed by atoms with E-state index in [1.807, 2.05) is 0 Å². The molecule has 0 saturated heterocycles. The molecule has 0 fully saturated rings. The molecule has 27 heavy (non-hydrogen) atoms. The number of hydrogen-bond donors (Lipinski definition) is 1. The topological polar surface area (TPSA) is 142 Å². The zero-order valence-corrected chi connectivity index (χ0v) is 15.3. The molecule has 0 rings (SSSR count). The summed E-state index contributed by atoms with van der Waals surface area (Å²) in [5.74, 6) is -2.22. The molecule has 0 amide bonds. The van der Waals surface area contributed by atoms with Gasteiger partial charge in [-0.05, 0) is 6.92 Å². The summed E-state index contributed by atoms with van der Waals surface area (Å²) in [6.45, 7) is 1.81. The molecule has 0 saturated carbocycles. The van der Waals surface area contributed by atoms with Crippen LogP contribution in [0.25, 0.3) is 0 Å². The van der Waals surface area contributed by atoms with Crippen molar-refractivity contribution in [1.29, 1.82) is 0 Å². The van der Waals surface area contributed by atoms with Gasteiger partial charge < -0.3 is 18.9 Å². The Hall–Kier alpha value is -2.12. The summed E-state index contributed by atoms with van der Waals surface area (Å²) < 4.78 is 72.6. The van der Waals surface area contributed by atoms with Crippen LogP contribution in [0.2, 0.25) is 0 Å². The van der Waals surface area contributed by atoms with E-state index < -0.39 is 53.1 Å². The van der Waals surface area contributed by atoms with Crippen LogP contribution in [0.5, 0.6) is 0 Å². The Morgan fingerprint density at radius 1 is 0.963 bits per heavy atom. The molecule has 0 unspecified atom stereocenters. The third-order valence-electron chi connectivity index (χ3n) is 2.60. The fourth-order valence-corrected chi connectivity index (χ4v) is 1.47. The number of alkyl halides is 2. The van der Waals surface area contributed by atoms with Gasteiger partial charge in [-0.3, -0.25) is 14.1 Å². The van der Waals surface area contributed by atoms with E-state index in [2.05, 4.69) is 20.8 Å². The highest BCUT2D eigenvalue weighted by Gasteiger charge is 2.44. The molecule has 0 heterocycles. The molecule has 0 spiro atoms. The molecule has 0 aliphatic heterocycles. The maximum atomic E-state index is 12.8. The second-order valence-corrected chi connectivity index (χ2v) is 6.57. The van der Waals surface area contributed by atoms with Crippen LogP contribution in [0.15, 0.2) is 12.2 Å². The molecule has 156 valence electrons. The SMILES string of the molecule is C=C(C)C(=O)OCCOC(=O)CCC(=O)OCCOCC(F)(F)S(=O)(=O)O. The van der Waals surface area contributed by atoms with Crippen LogP contribution in [-0.2, 0) is 43.4 Å². The number of halogens is 2. The first-order valence-corrected chi connectivity index (χ1v) is 8.87. The Balaban J connectivity index is 3.78. The molecular weight excluding hydrogens is 398 g/mol. The van der Waals surface area contributed by atoms with E-state index in [9.17, 15) is 31.6 Å². The highest BCUT2D eigenvalue weighted by atomic mass is 32.2. The molecule has 0 aromatic carbocycles. The molecule has 1 N–H and O–H groups in total. The molecule has 0 radical (unpaired) electrons. The highest BCUT2D eigenvalue weighted by molar-refractivity contribution is 7.86. The lowest BCUT2D eigenvalue weighted by Crippen LogP contribution is -2.34. The van der Waals surface area contributed by atoms with Gasteiger partial charge in [-0.2, -0.15) is 17.2 Å². The van der Waals surface area contributed by atoms with Gasteiger partial charge in [-0.15, -0.1) is 0 Å². The average Bonchev–Trinajstić information content (AvgIpc) is 2.55. The first-order chi connectivity index (χ1) is 12.4. The Labute approximate surface area is 154 Å². The number of esters is 3. The van der Waals surface area contributed by atoms with Gasteiger partial charge in [-0.1, -0.05) is 6.58 Å². The molecular formula is C14H20F2O10S. The lowest BCUT2D eigenvalue weighted by Gasteiger charge is -2.13. The Morgan fingerprint density at radius 3 is 1.85 bits per heavy atom. The summed E-state index contributed by atoms with van der Waals surface area (Å²) in [6.07, 6.45) is -0.680. The van der Waals surface area contributed by atoms with Crippen molar-refractivity contribution in [1.82, 2.24) is 0 Å². The van der Waals surface area contributed by atoms with Gasteiger partial charge in [-0.25, -0.2) is 4.79 Å². The smallest absolute Gasteiger partial charge is 0.392 e. The van der Waals surface area contributed by atoms with Crippen LogP contribution < -0.4 is 0 Å². The largest absolute Gasteiger partial charge is 0.463 e. The van der Waals surface area contributed by atoms with E-state index in [0.29, 0.717) is 0 Å². The number of ether oxygens (including phenoxy) is 4. The van der Waals surface area contributed by atoms with Gasteiger partial charge >= 0.3 is 33.3 Å². The Bertz CT molecular complexity index is 644. The summed E-state index contributed by atoms with van der Waals surface area (Å²) in [7, 11) is -5.59. The van der Waals surface area contributed by atoms with Crippen LogP contribution in [0.4, 0.5) is 8.78 Å². The Morgan fingerprint density at radius 2 is 1.41 bits per heavy atom. The zero-order chi connectivity index (χ0) is 21.1. The number of carbonyl (C=O) groups excluding carboxylic acids is 3. The lowest BCUT2D eigenvalue weighted by molar-refractivity contribution is -0.153. The molecule has 0 aromatic rings. The van der Waals surface area contributed by atoms with Crippen molar-refractivity contribution < 1.29 is 55.1 Å². The van der Waals surface area contributed by atoms with E-state index in [1.165, 1.54) is 6.92 Å². The lowest BCUT2D eigenvalue weighted by atomic mass is 10.3. The van der Waals surface area contributed by atoms with Gasteiger partial charge in [0.25, 0.3) is 0 Å². The third-order valence-corrected chi connectivity index (χ3v) is 3.47. The number of carbonyl (C=O) groups is 3. The van der Waals surface area contributed by atoms with Crippen LogP contribution in [0.3, 0.4) is 0 Å². The van der Waals surface area contributed by atoms with E-state index >= 15 is 0 Å². The first kappa shape index (κ1) is 24.9. The van der Waals surface area contributed by atoms with Crippen molar-refractivity contribution in [3.8, 4) is 0 Å². The van der Waals surface area contributed by atoms with Gasteiger partial charge in [0, 0.05) is 5.57 Å². The van der Waals surface area contributed by atoms with E-state index in [0.717, 1.165) is 0 Å². The third kappa shape index (κ3) is 11.2. The van der Waals surface area contributed by atoms with Crippen molar-refractivity contribution in [2.75, 3.05) is 33.0 Å². The predicted octanol–water partition coefficient (Wildman–Crippen LogP) is 0.469. The van der Waals surface area contributed by atoms with Crippen molar-refractivity contribution in [2.45, 2.75) is 25.0 Å². The van der Waals surface area contributed by atoms with Crippen molar-refractivity contribution in [3.63, 3.8) is 0 Å². The second kappa shape index (κ2) is 11.6. The molecule has 0 aromatic heterocycles. The van der Waals surface area contributed by atoms with Gasteiger partial charge in [0.05, 0.1) is 19.4 Å². The molecule has 0 atom stereocenters. The second-order valence-electron chi connectivity index (χ2n) is 5.02. The molecule has 13 heteroatoms. The first-order valence-electron chi connectivity index (χ1n) is 7.43. The fourth-order valence-electron chi connectivity index (χ4n) is 1.24. The fraction of sp³-hybridized carbons (Fsp3) is 0.643. The maximum Gasteiger partial charge on any atom is 0.392 e. The Kier molecular flexibility index (Phi) is 10.7. The summed E-state index contributed by atoms with van der Waals surface area (Å²) in [6, 6.07) is 0. The minimum absolute atomic E-state index is 0.173. The van der Waals surface area contributed by atoms with E-state index in [1.54, 1.807) is 0 Å². The van der Waals surface area contributed by atoms with Crippen LogP contribution in [0, 0.1) is 0 Å². The molecule has 0 aliphatic carbocycles. The van der Waals surface area contributed by atoms with E-state index in [4.69, 9.17) is 9.29 Å². The average molecular weight is 418 g/mol. The minimum Gasteiger partial charge on any atom is -0.463 e. The van der Waals surface area contributed by atoms with Gasteiger partial charge in [0.2, 0.25) is 0 Å². The quantitative estimate of drug-likeness (QED) is 0.147. The van der Waals surface area contributed by atoms with Crippen LogP contribution in [0.1, 0.15) is 19.8 Å². The monoisotopic (exact) mass is 418 g/mol. The number of hydrogen-bond acceptors (Lipinski definition) is 9. The van der Waals surface area contributed by atoms with Crippen molar-refractivity contribution >= 4 is 28.0 Å². The summed E-state index contributed by atoms with van der Waals surface area (Å²) >= 11 is 0. The standard InChI is InChI=1S/C14H20F2O10S/c1-10(2)13(19)26-8-7-25-12(18)4-3-11(17)24-6-5-23-9-14(15,16)27(20,21)22/h1,3-9H2,2H3,(H,20,21,22). The molecule has 10 nitrogen and oxygen atoms in total. The zero-order valence-electron chi connectivity index (χ0n) is 14.4. The van der Waals surface area contributed by atoms with Crippen molar-refractivity contribution in [3.05, 3.63) is 12.2 Å². The summed E-state index contributed by atoms with van der Waals surface area (Å²) in [5, 5.41) is -4.47. The minimum atomic E-state index is -5.59. The normalized spacial score (nSPS) is 11.6. The van der Waals surface area contributed by atoms with Crippen molar-refractivity contribution in [2.24, 2.45) is 0 Å². The van der Waals surface area contributed by atoms with Gasteiger partial charge in [0.1, 0.15) is 26.4 Å². The predicted molar refractivity (Wildman–Crippen MR) is 84.2 cm³/mol.